The number of amides is 2. The molecule has 2 aromatic carbocycles. The maximum Gasteiger partial charge on any atom is 0.406 e. The second kappa shape index (κ2) is 13.0. The molecule has 0 saturated carbocycles. The molecule has 0 saturated heterocycles. The predicted molar refractivity (Wildman–Crippen MR) is 139 cm³/mol. The number of anilines is 2. The molecule has 0 fully saturated rings. The van der Waals surface area contributed by atoms with Crippen LogP contribution in [-0.4, -0.2) is 54.1 Å². The Morgan fingerprint density at radius 3 is 2.54 bits per heavy atom. The number of alkyl halides is 3. The first-order valence-electron chi connectivity index (χ1n) is 12.3. The number of carbonyl (C=O) groups is 2. The molecule has 0 spiro atoms. The predicted octanol–water partition coefficient (Wildman–Crippen LogP) is 4.36. The van der Waals surface area contributed by atoms with Crippen LogP contribution < -0.4 is 15.5 Å². The molecule has 3 aromatic rings. The molecule has 9 nitrogen and oxygen atoms in total. The topological polar surface area (TPSA) is 112 Å². The SMILES string of the molecule is CC.COCC(NCc1ccc(N2CCn3ncc(C(=O)Nc4cccc(C#N)c4)c3C2=O)cc1)C(F)(F)F. The van der Waals surface area contributed by atoms with Crippen LogP contribution in [0.25, 0.3) is 0 Å². The van der Waals surface area contributed by atoms with Crippen LogP contribution in [0.5, 0.6) is 0 Å². The van der Waals surface area contributed by atoms with Crippen LogP contribution in [0.15, 0.2) is 54.7 Å². The van der Waals surface area contributed by atoms with Crippen LogP contribution in [0, 0.1) is 11.3 Å². The molecule has 2 amide bonds. The first-order valence-corrected chi connectivity index (χ1v) is 12.3. The van der Waals surface area contributed by atoms with Gasteiger partial charge in [0.2, 0.25) is 0 Å². The van der Waals surface area contributed by atoms with E-state index in [1.165, 1.54) is 29.0 Å². The van der Waals surface area contributed by atoms with Crippen LogP contribution in [0.3, 0.4) is 0 Å². The summed E-state index contributed by atoms with van der Waals surface area (Å²) in [4.78, 5) is 27.7. The molecule has 4 rings (SSSR count). The van der Waals surface area contributed by atoms with Gasteiger partial charge in [-0.25, -0.2) is 0 Å². The van der Waals surface area contributed by atoms with Gasteiger partial charge in [0.25, 0.3) is 11.8 Å². The van der Waals surface area contributed by atoms with E-state index >= 15 is 0 Å². The van der Waals surface area contributed by atoms with Gasteiger partial charge < -0.3 is 20.3 Å². The second-order valence-electron chi connectivity index (χ2n) is 8.33. The average Bonchev–Trinajstić information content (AvgIpc) is 3.38. The summed E-state index contributed by atoms with van der Waals surface area (Å²) in [6.45, 7) is 4.12. The summed E-state index contributed by atoms with van der Waals surface area (Å²) in [5, 5.41) is 18.3. The highest BCUT2D eigenvalue weighted by atomic mass is 19.4. The molecule has 1 atom stereocenters. The van der Waals surface area contributed by atoms with Gasteiger partial charge in [-0.3, -0.25) is 14.3 Å². The van der Waals surface area contributed by atoms with Gasteiger partial charge in [0.1, 0.15) is 11.7 Å². The zero-order chi connectivity index (χ0) is 28.6. The number of fused-ring (bicyclic) bond motifs is 1. The fourth-order valence-corrected chi connectivity index (χ4v) is 3.95. The van der Waals surface area contributed by atoms with Gasteiger partial charge in [0, 0.05) is 31.6 Å². The minimum Gasteiger partial charge on any atom is -0.383 e. The van der Waals surface area contributed by atoms with E-state index in [1.54, 1.807) is 42.5 Å². The smallest absolute Gasteiger partial charge is 0.383 e. The van der Waals surface area contributed by atoms with Crippen molar-refractivity contribution >= 4 is 23.2 Å². The number of aromatic nitrogens is 2. The lowest BCUT2D eigenvalue weighted by atomic mass is 10.1. The van der Waals surface area contributed by atoms with Gasteiger partial charge in [-0.1, -0.05) is 32.0 Å². The lowest BCUT2D eigenvalue weighted by molar-refractivity contribution is -0.166. The standard InChI is InChI=1S/C25H23F3N6O3.C2H6/c1-37-15-21(25(26,27)28)30-13-16-5-7-19(8-6-16)33-9-10-34-22(24(33)36)20(14-31-34)23(35)32-18-4-2-3-17(11-18)12-29;1-2/h2-8,11,14,21,30H,9-10,13,15H2,1H3,(H,32,35);1-2H3. The van der Waals surface area contributed by atoms with Gasteiger partial charge in [-0.15, -0.1) is 0 Å². The zero-order valence-electron chi connectivity index (χ0n) is 21.7. The van der Waals surface area contributed by atoms with Crippen LogP contribution in [-0.2, 0) is 17.8 Å². The number of hydrogen-bond acceptors (Lipinski definition) is 6. The van der Waals surface area contributed by atoms with Crippen LogP contribution >= 0.6 is 0 Å². The minimum atomic E-state index is -4.44. The molecule has 1 aliphatic rings. The normalized spacial score (nSPS) is 13.6. The lowest BCUT2D eigenvalue weighted by Gasteiger charge is -2.28. The summed E-state index contributed by atoms with van der Waals surface area (Å²) in [7, 11) is 1.21. The summed E-state index contributed by atoms with van der Waals surface area (Å²) in [5.74, 6) is -0.967. The molecule has 2 heterocycles. The largest absolute Gasteiger partial charge is 0.406 e. The number of benzene rings is 2. The Balaban J connectivity index is 0.00000205. The number of hydrogen-bond donors (Lipinski definition) is 2. The van der Waals surface area contributed by atoms with Crippen LogP contribution in [0.4, 0.5) is 24.5 Å². The number of methoxy groups -OCH3 is 1. The fourth-order valence-electron chi connectivity index (χ4n) is 3.95. The quantitative estimate of drug-likeness (QED) is 0.438. The van der Waals surface area contributed by atoms with Crippen molar-refractivity contribution in [2.24, 2.45) is 0 Å². The molecule has 206 valence electrons. The monoisotopic (exact) mass is 542 g/mol. The van der Waals surface area contributed by atoms with E-state index in [0.29, 0.717) is 35.6 Å². The van der Waals surface area contributed by atoms with Gasteiger partial charge >= 0.3 is 6.18 Å². The number of nitriles is 1. The maximum atomic E-state index is 13.3. The second-order valence-corrected chi connectivity index (χ2v) is 8.33. The van der Waals surface area contributed by atoms with Crippen molar-refractivity contribution in [2.75, 3.05) is 30.5 Å². The highest BCUT2D eigenvalue weighted by molar-refractivity contribution is 6.15. The Morgan fingerprint density at radius 1 is 1.18 bits per heavy atom. The summed E-state index contributed by atoms with van der Waals surface area (Å²) in [5.41, 5.74) is 2.14. The molecular formula is C27H29F3N6O3. The highest BCUT2D eigenvalue weighted by Gasteiger charge is 2.39. The Kier molecular flexibility index (Phi) is 9.81. The number of halogens is 3. The van der Waals surface area contributed by atoms with Gasteiger partial charge in [0.05, 0.1) is 36.5 Å². The molecule has 1 aromatic heterocycles. The number of nitrogens with one attached hydrogen (secondary N) is 2. The van der Waals surface area contributed by atoms with Gasteiger partial charge in [0.15, 0.2) is 0 Å². The third-order valence-electron chi connectivity index (χ3n) is 5.85. The molecule has 1 unspecified atom stereocenters. The van der Waals surface area contributed by atoms with Crippen molar-refractivity contribution < 1.29 is 27.5 Å². The van der Waals surface area contributed by atoms with Crippen LogP contribution in [0.1, 0.15) is 45.8 Å². The van der Waals surface area contributed by atoms with Crippen LogP contribution in [0.2, 0.25) is 0 Å². The third-order valence-corrected chi connectivity index (χ3v) is 5.85. The van der Waals surface area contributed by atoms with Crippen molar-refractivity contribution in [1.82, 2.24) is 15.1 Å². The van der Waals surface area contributed by atoms with Crippen molar-refractivity contribution in [1.29, 1.82) is 5.26 Å². The Morgan fingerprint density at radius 2 is 1.90 bits per heavy atom. The molecule has 2 N–H and O–H groups in total. The number of carbonyl (C=O) groups excluding carboxylic acids is 2. The molecule has 39 heavy (non-hydrogen) atoms. The number of ether oxygens (including phenoxy) is 1. The molecule has 0 bridgehead atoms. The molecule has 1 aliphatic heterocycles. The first-order chi connectivity index (χ1) is 18.7. The average molecular weight is 543 g/mol. The summed E-state index contributed by atoms with van der Waals surface area (Å²) in [6.07, 6.45) is -3.12. The summed E-state index contributed by atoms with van der Waals surface area (Å²) in [6, 6.07) is 13.2. The maximum absolute atomic E-state index is 13.3. The highest BCUT2D eigenvalue weighted by Crippen LogP contribution is 2.25. The van der Waals surface area contributed by atoms with E-state index in [0.717, 1.165) is 0 Å². The van der Waals surface area contributed by atoms with Crippen molar-refractivity contribution in [3.8, 4) is 6.07 Å². The fraction of sp³-hybridized carbons (Fsp3) is 0.333. The number of rotatable bonds is 8. The molecule has 0 aliphatic carbocycles. The molecule has 12 heteroatoms. The summed E-state index contributed by atoms with van der Waals surface area (Å²) >= 11 is 0. The molecule has 0 radical (unpaired) electrons. The third kappa shape index (κ3) is 7.01. The summed E-state index contributed by atoms with van der Waals surface area (Å²) < 4.78 is 45.3. The van der Waals surface area contributed by atoms with E-state index in [9.17, 15) is 22.8 Å². The minimum absolute atomic E-state index is 0.0359. The first kappa shape index (κ1) is 29.3. The van der Waals surface area contributed by atoms with Gasteiger partial charge in [-0.05, 0) is 35.9 Å². The Hall–Kier alpha value is -4.21. The van der Waals surface area contributed by atoms with E-state index in [4.69, 9.17) is 5.26 Å². The van der Waals surface area contributed by atoms with E-state index in [1.807, 2.05) is 19.9 Å². The van der Waals surface area contributed by atoms with Crippen molar-refractivity contribution in [3.63, 3.8) is 0 Å². The zero-order valence-corrected chi connectivity index (χ0v) is 21.7. The van der Waals surface area contributed by atoms with E-state index in [-0.39, 0.29) is 17.8 Å². The number of nitrogens with zero attached hydrogens (tertiary/aromatic N) is 4. The van der Waals surface area contributed by atoms with E-state index < -0.39 is 30.6 Å². The Labute approximate surface area is 224 Å². The molecular weight excluding hydrogens is 513 g/mol. The van der Waals surface area contributed by atoms with Crippen molar-refractivity contribution in [2.45, 2.75) is 39.2 Å². The Bertz CT molecular complexity index is 1330. The van der Waals surface area contributed by atoms with E-state index in [2.05, 4.69) is 20.5 Å². The van der Waals surface area contributed by atoms with Crippen molar-refractivity contribution in [3.05, 3.63) is 77.1 Å². The van der Waals surface area contributed by atoms with Gasteiger partial charge in [-0.2, -0.15) is 23.5 Å². The lowest BCUT2D eigenvalue weighted by Crippen LogP contribution is -2.45.